The average molecular weight is 230 g/mol. The van der Waals surface area contributed by atoms with Crippen LogP contribution in [0.1, 0.15) is 10.4 Å². The molecule has 2 rings (SSSR count). The van der Waals surface area contributed by atoms with Crippen molar-refractivity contribution in [2.75, 3.05) is 6.54 Å². The van der Waals surface area contributed by atoms with Crippen molar-refractivity contribution in [2.45, 2.75) is 6.42 Å². The summed E-state index contributed by atoms with van der Waals surface area (Å²) in [4.78, 5) is 11.7. The standard InChI is InChI=1S/C13H14N2O2/c1-2-13(17)15-8-9(5-6-14)11-7-10(16)3-4-12(11)15/h2-4,7-8,16H,1,5-6,14H2. The van der Waals surface area contributed by atoms with Crippen molar-refractivity contribution >= 4 is 16.8 Å². The highest BCUT2D eigenvalue weighted by molar-refractivity contribution is 5.99. The third-order valence-corrected chi connectivity index (χ3v) is 2.70. The molecule has 88 valence electrons. The van der Waals surface area contributed by atoms with E-state index < -0.39 is 0 Å². The van der Waals surface area contributed by atoms with Crippen LogP contribution in [0, 0.1) is 0 Å². The summed E-state index contributed by atoms with van der Waals surface area (Å²) in [5.74, 6) is -0.0106. The molecule has 2 aromatic rings. The molecular weight excluding hydrogens is 216 g/mol. The van der Waals surface area contributed by atoms with Crippen molar-refractivity contribution < 1.29 is 9.90 Å². The highest BCUT2D eigenvalue weighted by atomic mass is 16.3. The van der Waals surface area contributed by atoms with Gasteiger partial charge in [0.15, 0.2) is 0 Å². The number of phenols is 1. The monoisotopic (exact) mass is 230 g/mol. The fraction of sp³-hybridized carbons (Fsp3) is 0.154. The number of phenolic OH excluding ortho intramolecular Hbond substituents is 1. The minimum atomic E-state index is -0.191. The molecule has 0 amide bonds. The molecule has 0 atom stereocenters. The number of allylic oxidation sites excluding steroid dienone is 1. The van der Waals surface area contributed by atoms with Crippen molar-refractivity contribution in [2.24, 2.45) is 5.73 Å². The molecule has 4 nitrogen and oxygen atoms in total. The van der Waals surface area contributed by atoms with E-state index in [2.05, 4.69) is 6.58 Å². The van der Waals surface area contributed by atoms with E-state index in [1.165, 1.54) is 10.6 Å². The molecule has 1 aromatic heterocycles. The second-order valence-corrected chi connectivity index (χ2v) is 3.81. The number of nitrogens with zero attached hydrogens (tertiary/aromatic N) is 1. The Labute approximate surface area is 99.0 Å². The van der Waals surface area contributed by atoms with Gasteiger partial charge in [0.1, 0.15) is 5.75 Å². The second kappa shape index (κ2) is 4.43. The number of carbonyl (C=O) groups is 1. The van der Waals surface area contributed by atoms with Crippen LogP contribution >= 0.6 is 0 Å². The van der Waals surface area contributed by atoms with E-state index >= 15 is 0 Å². The largest absolute Gasteiger partial charge is 0.508 e. The van der Waals surface area contributed by atoms with Gasteiger partial charge < -0.3 is 10.8 Å². The van der Waals surface area contributed by atoms with Crippen molar-refractivity contribution in [1.82, 2.24) is 4.57 Å². The third kappa shape index (κ3) is 1.94. The quantitative estimate of drug-likeness (QED) is 0.788. The Bertz CT molecular complexity index is 584. The summed E-state index contributed by atoms with van der Waals surface area (Å²) in [6.45, 7) is 3.97. The number of benzene rings is 1. The van der Waals surface area contributed by atoms with E-state index in [0.29, 0.717) is 13.0 Å². The maximum Gasteiger partial charge on any atom is 0.254 e. The van der Waals surface area contributed by atoms with Gasteiger partial charge in [0, 0.05) is 11.6 Å². The molecule has 0 unspecified atom stereocenters. The molecule has 0 aliphatic carbocycles. The summed E-state index contributed by atoms with van der Waals surface area (Å²) in [5, 5.41) is 10.3. The number of rotatable bonds is 3. The van der Waals surface area contributed by atoms with Gasteiger partial charge in [-0.3, -0.25) is 9.36 Å². The Morgan fingerprint density at radius 2 is 2.29 bits per heavy atom. The van der Waals surface area contributed by atoms with Crippen molar-refractivity contribution in [3.05, 3.63) is 42.6 Å². The first-order chi connectivity index (χ1) is 8.17. The van der Waals surface area contributed by atoms with Crippen LogP contribution in [0.4, 0.5) is 0 Å². The highest BCUT2D eigenvalue weighted by Crippen LogP contribution is 2.25. The summed E-state index contributed by atoms with van der Waals surface area (Å²) in [5.41, 5.74) is 7.24. The Kier molecular flexibility index (Phi) is 2.97. The fourth-order valence-electron chi connectivity index (χ4n) is 1.92. The van der Waals surface area contributed by atoms with Gasteiger partial charge in [0.25, 0.3) is 5.91 Å². The minimum absolute atomic E-state index is 0.180. The summed E-state index contributed by atoms with van der Waals surface area (Å²) in [6, 6.07) is 4.92. The summed E-state index contributed by atoms with van der Waals surface area (Å²) < 4.78 is 1.52. The second-order valence-electron chi connectivity index (χ2n) is 3.81. The molecule has 1 aromatic carbocycles. The van der Waals surface area contributed by atoms with Crippen molar-refractivity contribution in [1.29, 1.82) is 0 Å². The Balaban J connectivity index is 2.70. The third-order valence-electron chi connectivity index (χ3n) is 2.70. The van der Waals surface area contributed by atoms with Gasteiger partial charge in [-0.2, -0.15) is 0 Å². The fourth-order valence-corrected chi connectivity index (χ4v) is 1.92. The molecule has 3 N–H and O–H groups in total. The van der Waals surface area contributed by atoms with Gasteiger partial charge in [0.2, 0.25) is 0 Å². The van der Waals surface area contributed by atoms with Gasteiger partial charge >= 0.3 is 0 Å². The average Bonchev–Trinajstić information content (AvgIpc) is 2.67. The van der Waals surface area contributed by atoms with Gasteiger partial charge in [-0.15, -0.1) is 0 Å². The zero-order valence-corrected chi connectivity index (χ0v) is 9.39. The van der Waals surface area contributed by atoms with Crippen LogP contribution < -0.4 is 5.73 Å². The van der Waals surface area contributed by atoms with Crippen LogP contribution in [0.5, 0.6) is 5.75 Å². The highest BCUT2D eigenvalue weighted by Gasteiger charge is 2.11. The van der Waals surface area contributed by atoms with E-state index in [0.717, 1.165) is 16.5 Å². The molecule has 0 fully saturated rings. The first kappa shape index (κ1) is 11.4. The van der Waals surface area contributed by atoms with Gasteiger partial charge in [-0.05, 0) is 42.8 Å². The smallest absolute Gasteiger partial charge is 0.254 e. The van der Waals surface area contributed by atoms with Crippen LogP contribution in [0.2, 0.25) is 0 Å². The molecule has 1 heterocycles. The predicted octanol–water partition coefficient (Wildman–Crippen LogP) is 1.67. The minimum Gasteiger partial charge on any atom is -0.508 e. The number of fused-ring (bicyclic) bond motifs is 1. The number of aromatic hydroxyl groups is 1. The molecule has 0 aliphatic heterocycles. The van der Waals surface area contributed by atoms with Crippen LogP contribution in [0.3, 0.4) is 0 Å². The van der Waals surface area contributed by atoms with Crippen LogP contribution in [-0.2, 0) is 6.42 Å². The lowest BCUT2D eigenvalue weighted by molar-refractivity contribution is 0.0974. The molecule has 0 spiro atoms. The summed E-state index contributed by atoms with van der Waals surface area (Å²) in [7, 11) is 0. The normalized spacial score (nSPS) is 10.6. The molecule has 4 heteroatoms. The van der Waals surface area contributed by atoms with Crippen LogP contribution in [0.25, 0.3) is 10.9 Å². The number of hydrogen-bond acceptors (Lipinski definition) is 3. The van der Waals surface area contributed by atoms with Crippen LogP contribution in [0.15, 0.2) is 37.1 Å². The van der Waals surface area contributed by atoms with E-state index in [1.54, 1.807) is 24.4 Å². The Morgan fingerprint density at radius 3 is 2.94 bits per heavy atom. The van der Waals surface area contributed by atoms with Crippen molar-refractivity contribution in [3.63, 3.8) is 0 Å². The topological polar surface area (TPSA) is 68.2 Å². The van der Waals surface area contributed by atoms with Crippen molar-refractivity contribution in [3.8, 4) is 5.75 Å². The lowest BCUT2D eigenvalue weighted by atomic mass is 10.1. The van der Waals surface area contributed by atoms with E-state index in [1.807, 2.05) is 0 Å². The number of aromatic nitrogens is 1. The van der Waals surface area contributed by atoms with Gasteiger partial charge in [-0.1, -0.05) is 6.58 Å². The maximum atomic E-state index is 11.7. The van der Waals surface area contributed by atoms with Crippen LogP contribution in [-0.4, -0.2) is 22.1 Å². The number of carbonyl (C=O) groups excluding carboxylic acids is 1. The van der Waals surface area contributed by atoms with E-state index in [-0.39, 0.29) is 11.7 Å². The maximum absolute atomic E-state index is 11.7. The molecule has 0 aliphatic rings. The lowest BCUT2D eigenvalue weighted by Crippen LogP contribution is -2.05. The zero-order chi connectivity index (χ0) is 12.4. The summed E-state index contributed by atoms with van der Waals surface area (Å²) in [6.07, 6.45) is 3.68. The molecular formula is C13H14N2O2. The number of hydrogen-bond donors (Lipinski definition) is 2. The molecule has 0 radical (unpaired) electrons. The predicted molar refractivity (Wildman–Crippen MR) is 67.2 cm³/mol. The SMILES string of the molecule is C=CC(=O)n1cc(CCN)c2cc(O)ccc21. The first-order valence-electron chi connectivity index (χ1n) is 5.37. The molecule has 17 heavy (non-hydrogen) atoms. The Morgan fingerprint density at radius 1 is 1.53 bits per heavy atom. The summed E-state index contributed by atoms with van der Waals surface area (Å²) >= 11 is 0. The van der Waals surface area contributed by atoms with Gasteiger partial charge in [-0.25, -0.2) is 0 Å². The Hall–Kier alpha value is -2.07. The first-order valence-corrected chi connectivity index (χ1v) is 5.37. The number of nitrogens with two attached hydrogens (primary N) is 1. The zero-order valence-electron chi connectivity index (χ0n) is 9.39. The molecule has 0 bridgehead atoms. The molecule has 0 saturated heterocycles. The lowest BCUT2D eigenvalue weighted by Gasteiger charge is -1.99. The van der Waals surface area contributed by atoms with E-state index in [4.69, 9.17) is 5.73 Å². The van der Waals surface area contributed by atoms with Gasteiger partial charge in [0.05, 0.1) is 5.52 Å². The molecule has 0 saturated carbocycles. The van der Waals surface area contributed by atoms with E-state index in [9.17, 15) is 9.90 Å².